The molecule has 24 heavy (non-hydrogen) atoms. The van der Waals surface area contributed by atoms with Crippen LogP contribution in [-0.4, -0.2) is 25.9 Å². The van der Waals surface area contributed by atoms with Crippen LogP contribution in [0.25, 0.3) is 6.08 Å². The van der Waals surface area contributed by atoms with Gasteiger partial charge in [-0.15, -0.1) is 0 Å². The van der Waals surface area contributed by atoms with Gasteiger partial charge < -0.3 is 4.90 Å². The number of hydrogen-bond acceptors (Lipinski definition) is 3. The lowest BCUT2D eigenvalue weighted by Gasteiger charge is -2.13. The minimum absolute atomic E-state index is 0.290. The minimum atomic E-state index is -0.560. The molecular weight excluding hydrogens is 309 g/mol. The molecule has 0 unspecified atom stereocenters. The molecule has 0 heterocycles. The molecule has 0 aliphatic rings. The summed E-state index contributed by atoms with van der Waals surface area (Å²) in [5, 5.41) is 0. The molecule has 2 rings (SSSR count). The molecule has 5 nitrogen and oxygen atoms in total. The van der Waals surface area contributed by atoms with Crippen LogP contribution in [0.5, 0.6) is 0 Å². The number of nitrogens with one attached hydrogen (secondary N) is 2. The fourth-order valence-electron chi connectivity index (χ4n) is 1.93. The maximum atomic E-state index is 13.4. The molecule has 0 aromatic heterocycles. The molecule has 0 bridgehead atoms. The van der Waals surface area contributed by atoms with E-state index >= 15 is 0 Å². The van der Waals surface area contributed by atoms with Crippen molar-refractivity contribution in [1.82, 2.24) is 10.9 Å². The Kier molecular flexibility index (Phi) is 5.68. The van der Waals surface area contributed by atoms with Gasteiger partial charge in [-0.1, -0.05) is 24.3 Å². The highest BCUT2D eigenvalue weighted by atomic mass is 19.1. The van der Waals surface area contributed by atoms with Gasteiger partial charge >= 0.3 is 0 Å². The second kappa shape index (κ2) is 7.92. The number of hydrazine groups is 1. The molecule has 2 amide bonds. The minimum Gasteiger partial charge on any atom is -0.378 e. The van der Waals surface area contributed by atoms with Crippen molar-refractivity contribution in [2.45, 2.75) is 0 Å². The summed E-state index contributed by atoms with van der Waals surface area (Å²) in [6, 6.07) is 13.0. The molecule has 0 fully saturated rings. The van der Waals surface area contributed by atoms with Crippen molar-refractivity contribution in [2.24, 2.45) is 0 Å². The number of carbonyl (C=O) groups excluding carboxylic acids is 2. The number of rotatable bonds is 4. The number of benzene rings is 2. The summed E-state index contributed by atoms with van der Waals surface area (Å²) in [5.74, 6) is -1.42. The number of halogens is 1. The molecule has 2 N–H and O–H groups in total. The largest absolute Gasteiger partial charge is 0.378 e. The van der Waals surface area contributed by atoms with Crippen molar-refractivity contribution in [3.8, 4) is 0 Å². The van der Waals surface area contributed by atoms with Gasteiger partial charge in [0.1, 0.15) is 5.82 Å². The first-order valence-electron chi connectivity index (χ1n) is 7.27. The topological polar surface area (TPSA) is 61.4 Å². The van der Waals surface area contributed by atoms with Crippen molar-refractivity contribution in [3.05, 3.63) is 71.6 Å². The summed E-state index contributed by atoms with van der Waals surface area (Å²) in [7, 11) is 3.73. The molecule has 6 heteroatoms. The van der Waals surface area contributed by atoms with E-state index in [2.05, 4.69) is 10.9 Å². The van der Waals surface area contributed by atoms with Crippen molar-refractivity contribution in [1.29, 1.82) is 0 Å². The number of hydrogen-bond donors (Lipinski definition) is 2. The molecule has 0 aliphatic heterocycles. The monoisotopic (exact) mass is 327 g/mol. The van der Waals surface area contributed by atoms with E-state index in [1.165, 1.54) is 12.1 Å². The number of amides is 2. The van der Waals surface area contributed by atoms with Crippen LogP contribution in [0.4, 0.5) is 10.1 Å². The highest BCUT2D eigenvalue weighted by molar-refractivity contribution is 5.98. The lowest BCUT2D eigenvalue weighted by molar-refractivity contribution is -0.117. The van der Waals surface area contributed by atoms with Crippen LogP contribution in [0.1, 0.15) is 15.9 Å². The van der Waals surface area contributed by atoms with Crippen LogP contribution in [0.3, 0.4) is 0 Å². The van der Waals surface area contributed by atoms with E-state index in [4.69, 9.17) is 0 Å². The SMILES string of the molecule is CN(C)c1cccc(C(=O)NNC(=O)/C=C/c2ccccc2F)c1. The van der Waals surface area contributed by atoms with Crippen molar-refractivity contribution in [2.75, 3.05) is 19.0 Å². The van der Waals surface area contributed by atoms with Gasteiger partial charge in [0.2, 0.25) is 0 Å². The fourth-order valence-corrected chi connectivity index (χ4v) is 1.93. The summed E-state index contributed by atoms with van der Waals surface area (Å²) < 4.78 is 13.4. The number of anilines is 1. The molecular formula is C18H18FN3O2. The van der Waals surface area contributed by atoms with Gasteiger partial charge in [-0.05, 0) is 30.3 Å². The first-order chi connectivity index (χ1) is 11.5. The van der Waals surface area contributed by atoms with E-state index in [1.807, 2.05) is 25.1 Å². The summed E-state index contributed by atoms with van der Waals surface area (Å²) in [4.78, 5) is 25.6. The van der Waals surface area contributed by atoms with Crippen molar-refractivity contribution in [3.63, 3.8) is 0 Å². The summed E-state index contributed by atoms with van der Waals surface area (Å²) in [6.45, 7) is 0. The maximum Gasteiger partial charge on any atom is 0.269 e. The molecule has 0 saturated carbocycles. The molecule has 0 radical (unpaired) electrons. The van der Waals surface area contributed by atoms with Crippen LogP contribution in [-0.2, 0) is 4.79 Å². The van der Waals surface area contributed by atoms with Gasteiger partial charge in [-0.3, -0.25) is 20.4 Å². The zero-order chi connectivity index (χ0) is 17.5. The third-order valence-corrected chi connectivity index (χ3v) is 3.24. The Balaban J connectivity index is 1.93. The lowest BCUT2D eigenvalue weighted by atomic mass is 10.2. The summed E-state index contributed by atoms with van der Waals surface area (Å²) in [6.07, 6.45) is 2.48. The maximum absolute atomic E-state index is 13.4. The highest BCUT2D eigenvalue weighted by Crippen LogP contribution is 2.13. The first-order valence-corrected chi connectivity index (χ1v) is 7.27. The van der Waals surface area contributed by atoms with E-state index in [1.54, 1.807) is 36.4 Å². The van der Waals surface area contributed by atoms with Crippen molar-refractivity contribution < 1.29 is 14.0 Å². The Labute approximate surface area is 139 Å². The van der Waals surface area contributed by atoms with E-state index in [0.717, 1.165) is 11.8 Å². The molecule has 0 saturated heterocycles. The summed E-state index contributed by atoms with van der Waals surface area (Å²) >= 11 is 0. The number of nitrogens with zero attached hydrogens (tertiary/aromatic N) is 1. The average molecular weight is 327 g/mol. The zero-order valence-electron chi connectivity index (χ0n) is 13.4. The predicted octanol–water partition coefficient (Wildman–Crippen LogP) is 2.37. The second-order valence-corrected chi connectivity index (χ2v) is 5.24. The normalized spacial score (nSPS) is 10.5. The third kappa shape index (κ3) is 4.67. The molecule has 0 spiro atoms. The Morgan fingerprint density at radius 2 is 1.79 bits per heavy atom. The van der Waals surface area contributed by atoms with E-state index in [0.29, 0.717) is 5.56 Å². The van der Waals surface area contributed by atoms with Gasteiger partial charge in [0.25, 0.3) is 11.8 Å². The van der Waals surface area contributed by atoms with Gasteiger partial charge in [0, 0.05) is 37.0 Å². The highest BCUT2D eigenvalue weighted by Gasteiger charge is 2.07. The lowest BCUT2D eigenvalue weighted by Crippen LogP contribution is -2.40. The average Bonchev–Trinajstić information content (AvgIpc) is 2.59. The standard InChI is InChI=1S/C18H18FN3O2/c1-22(2)15-8-5-7-14(12-15)18(24)21-20-17(23)11-10-13-6-3-4-9-16(13)19/h3-12H,1-2H3,(H,20,23)(H,21,24)/b11-10+. The zero-order valence-corrected chi connectivity index (χ0v) is 13.4. The smallest absolute Gasteiger partial charge is 0.269 e. The molecule has 2 aromatic carbocycles. The van der Waals surface area contributed by atoms with Gasteiger partial charge in [0.05, 0.1) is 0 Å². The molecule has 2 aromatic rings. The van der Waals surface area contributed by atoms with Crippen molar-refractivity contribution >= 4 is 23.6 Å². The van der Waals surface area contributed by atoms with Gasteiger partial charge in [-0.25, -0.2) is 4.39 Å². The van der Waals surface area contributed by atoms with Gasteiger partial charge in [-0.2, -0.15) is 0 Å². The molecule has 0 atom stereocenters. The Morgan fingerprint density at radius 3 is 2.50 bits per heavy atom. The van der Waals surface area contributed by atoms with Crippen LogP contribution in [0.15, 0.2) is 54.6 Å². The van der Waals surface area contributed by atoms with E-state index in [9.17, 15) is 14.0 Å². The fraction of sp³-hybridized carbons (Fsp3) is 0.111. The molecule has 0 aliphatic carbocycles. The Hall–Kier alpha value is -3.15. The van der Waals surface area contributed by atoms with Crippen LogP contribution < -0.4 is 15.8 Å². The molecule has 124 valence electrons. The Bertz CT molecular complexity index is 772. The van der Waals surface area contributed by atoms with E-state index in [-0.39, 0.29) is 5.56 Å². The third-order valence-electron chi connectivity index (χ3n) is 3.24. The second-order valence-electron chi connectivity index (χ2n) is 5.24. The number of carbonyl (C=O) groups is 2. The van der Waals surface area contributed by atoms with Gasteiger partial charge in [0.15, 0.2) is 0 Å². The quantitative estimate of drug-likeness (QED) is 0.669. The predicted molar refractivity (Wildman–Crippen MR) is 91.8 cm³/mol. The van der Waals surface area contributed by atoms with Crippen LogP contribution in [0, 0.1) is 5.82 Å². The van der Waals surface area contributed by atoms with Crippen LogP contribution in [0.2, 0.25) is 0 Å². The van der Waals surface area contributed by atoms with E-state index < -0.39 is 17.6 Å². The first kappa shape index (κ1) is 17.2. The van der Waals surface area contributed by atoms with Crippen LogP contribution >= 0.6 is 0 Å². The Morgan fingerprint density at radius 1 is 1.04 bits per heavy atom. The summed E-state index contributed by atoms with van der Waals surface area (Å²) in [5.41, 5.74) is 6.15.